The van der Waals surface area contributed by atoms with Gasteiger partial charge in [0.05, 0.1) is 5.69 Å². The van der Waals surface area contributed by atoms with Crippen molar-refractivity contribution in [1.29, 1.82) is 0 Å². The van der Waals surface area contributed by atoms with Crippen LogP contribution in [-0.4, -0.2) is 15.0 Å². The fraction of sp³-hybridized carbons (Fsp3) is 0.154. The molecule has 0 aliphatic carbocycles. The molecule has 1 aromatic carbocycles. The molecule has 6 heteroatoms. The van der Waals surface area contributed by atoms with E-state index in [0.29, 0.717) is 5.69 Å². The number of carbonyl (C=O) groups excluding carboxylic acids is 1. The molecule has 0 radical (unpaired) electrons. The molecule has 0 spiro atoms. The minimum Gasteiger partial charge on any atom is -0.365 e. The maximum atomic E-state index is 12.2. The number of hydrogen-bond donors (Lipinski definition) is 1. The summed E-state index contributed by atoms with van der Waals surface area (Å²) < 4.78 is 2.22. The second kappa shape index (κ2) is 4.93. The Morgan fingerprint density at radius 2 is 1.84 bits per heavy atom. The summed E-state index contributed by atoms with van der Waals surface area (Å²) >= 11 is 0. The van der Waals surface area contributed by atoms with Crippen LogP contribution in [0.3, 0.4) is 0 Å². The highest BCUT2D eigenvalue weighted by atomic mass is 16.2. The zero-order valence-electron chi connectivity index (χ0n) is 10.4. The normalized spacial score (nSPS) is 10.4. The molecule has 0 unspecified atom stereocenters. The lowest BCUT2D eigenvalue weighted by Gasteiger charge is -2.10. The predicted molar refractivity (Wildman–Crippen MR) is 70.5 cm³/mol. The lowest BCUT2D eigenvalue weighted by molar-refractivity contribution is 0.0997. The van der Waals surface area contributed by atoms with Gasteiger partial charge in [0.2, 0.25) is 0 Å². The molecular formula is C13H13N3O3. The van der Waals surface area contributed by atoms with E-state index in [1.54, 1.807) is 37.3 Å². The molecule has 98 valence electrons. The summed E-state index contributed by atoms with van der Waals surface area (Å²) in [6, 6.07) is 8.73. The Balaban J connectivity index is 2.83. The first-order valence-electron chi connectivity index (χ1n) is 5.78. The first kappa shape index (κ1) is 12.8. The molecule has 6 nitrogen and oxygen atoms in total. The number of nitrogens with two attached hydrogens (primary N) is 1. The average molecular weight is 259 g/mol. The highest BCUT2D eigenvalue weighted by Gasteiger charge is 2.14. The molecule has 0 saturated heterocycles. The van der Waals surface area contributed by atoms with Crippen LogP contribution < -0.4 is 17.0 Å². The number of benzene rings is 1. The number of nitrogens with zero attached hydrogens (tertiary/aromatic N) is 2. The van der Waals surface area contributed by atoms with Crippen molar-refractivity contribution in [3.05, 3.63) is 62.9 Å². The van der Waals surface area contributed by atoms with E-state index in [1.165, 1.54) is 10.8 Å². The second-order valence-electron chi connectivity index (χ2n) is 3.94. The fourth-order valence-electron chi connectivity index (χ4n) is 1.82. The van der Waals surface area contributed by atoms with Gasteiger partial charge in [-0.15, -0.1) is 0 Å². The second-order valence-corrected chi connectivity index (χ2v) is 3.94. The minimum atomic E-state index is -0.850. The average Bonchev–Trinajstić information content (AvgIpc) is 2.40. The van der Waals surface area contributed by atoms with Crippen LogP contribution in [0.4, 0.5) is 0 Å². The lowest BCUT2D eigenvalue weighted by atomic mass is 10.3. The third-order valence-electron chi connectivity index (χ3n) is 2.79. The SMILES string of the molecule is CCn1c(=O)c(C(N)=O)cn(-c2ccccc2)c1=O. The molecule has 0 fully saturated rings. The van der Waals surface area contributed by atoms with Gasteiger partial charge in [-0.3, -0.25) is 18.7 Å². The topological polar surface area (TPSA) is 87.1 Å². The van der Waals surface area contributed by atoms with Crippen molar-refractivity contribution >= 4 is 5.91 Å². The van der Waals surface area contributed by atoms with Gasteiger partial charge in [0.15, 0.2) is 0 Å². The molecule has 0 atom stereocenters. The predicted octanol–water partition coefficient (Wildman–Crippen LogP) is 0.118. The van der Waals surface area contributed by atoms with Crippen LogP contribution in [0.1, 0.15) is 17.3 Å². The Morgan fingerprint density at radius 1 is 1.21 bits per heavy atom. The number of primary amides is 1. The van der Waals surface area contributed by atoms with Gasteiger partial charge in [0.1, 0.15) is 5.56 Å². The van der Waals surface area contributed by atoms with Crippen molar-refractivity contribution in [3.63, 3.8) is 0 Å². The van der Waals surface area contributed by atoms with Crippen LogP contribution in [0.5, 0.6) is 0 Å². The lowest BCUT2D eigenvalue weighted by Crippen LogP contribution is -2.42. The maximum Gasteiger partial charge on any atom is 0.335 e. The van der Waals surface area contributed by atoms with Crippen molar-refractivity contribution in [2.75, 3.05) is 0 Å². The Morgan fingerprint density at radius 3 is 2.37 bits per heavy atom. The smallest absolute Gasteiger partial charge is 0.335 e. The number of carbonyl (C=O) groups is 1. The van der Waals surface area contributed by atoms with Crippen molar-refractivity contribution in [3.8, 4) is 5.69 Å². The zero-order valence-corrected chi connectivity index (χ0v) is 10.4. The Kier molecular flexibility index (Phi) is 3.33. The van der Waals surface area contributed by atoms with Crippen molar-refractivity contribution < 1.29 is 4.79 Å². The Labute approximate surface area is 108 Å². The Hall–Kier alpha value is -2.63. The molecule has 0 aliphatic rings. The fourth-order valence-corrected chi connectivity index (χ4v) is 1.82. The summed E-state index contributed by atoms with van der Waals surface area (Å²) in [7, 11) is 0. The quantitative estimate of drug-likeness (QED) is 0.849. The molecule has 1 aromatic heterocycles. The molecule has 2 aromatic rings. The van der Waals surface area contributed by atoms with E-state index in [9.17, 15) is 14.4 Å². The van der Waals surface area contributed by atoms with E-state index in [0.717, 1.165) is 4.57 Å². The van der Waals surface area contributed by atoms with Crippen LogP contribution in [-0.2, 0) is 6.54 Å². The molecule has 0 aliphatic heterocycles. The summed E-state index contributed by atoms with van der Waals surface area (Å²) in [5, 5.41) is 0. The molecule has 2 N–H and O–H groups in total. The van der Waals surface area contributed by atoms with Crippen molar-refractivity contribution in [2.45, 2.75) is 13.5 Å². The highest BCUT2D eigenvalue weighted by molar-refractivity contribution is 5.92. The molecule has 0 saturated carbocycles. The van der Waals surface area contributed by atoms with Crippen LogP contribution in [0.15, 0.2) is 46.1 Å². The maximum absolute atomic E-state index is 12.2. The van der Waals surface area contributed by atoms with Crippen LogP contribution in [0, 0.1) is 0 Å². The molecular weight excluding hydrogens is 246 g/mol. The van der Waals surface area contributed by atoms with Gasteiger partial charge in [-0.25, -0.2) is 4.79 Å². The summed E-state index contributed by atoms with van der Waals surface area (Å²) in [6.45, 7) is 1.83. The first-order chi connectivity index (χ1) is 9.06. The van der Waals surface area contributed by atoms with Crippen LogP contribution in [0.2, 0.25) is 0 Å². The molecule has 1 heterocycles. The van der Waals surface area contributed by atoms with Gasteiger partial charge in [0, 0.05) is 12.7 Å². The number of hydrogen-bond acceptors (Lipinski definition) is 3. The van der Waals surface area contributed by atoms with Gasteiger partial charge >= 0.3 is 5.69 Å². The van der Waals surface area contributed by atoms with Gasteiger partial charge in [-0.2, -0.15) is 0 Å². The molecule has 0 bridgehead atoms. The number of aromatic nitrogens is 2. The monoisotopic (exact) mass is 259 g/mol. The summed E-state index contributed by atoms with van der Waals surface area (Å²) in [4.78, 5) is 35.3. The highest BCUT2D eigenvalue weighted by Crippen LogP contribution is 2.03. The number of rotatable bonds is 3. The van der Waals surface area contributed by atoms with E-state index in [-0.39, 0.29) is 12.1 Å². The van der Waals surface area contributed by atoms with Crippen LogP contribution >= 0.6 is 0 Å². The summed E-state index contributed by atoms with van der Waals surface area (Å²) in [5.41, 5.74) is 4.37. The minimum absolute atomic E-state index is 0.172. The van der Waals surface area contributed by atoms with E-state index in [1.807, 2.05) is 0 Å². The first-order valence-corrected chi connectivity index (χ1v) is 5.78. The largest absolute Gasteiger partial charge is 0.365 e. The van der Waals surface area contributed by atoms with Gasteiger partial charge in [0.25, 0.3) is 11.5 Å². The number of amides is 1. The van der Waals surface area contributed by atoms with E-state index >= 15 is 0 Å². The van der Waals surface area contributed by atoms with Crippen LogP contribution in [0.25, 0.3) is 5.69 Å². The van der Waals surface area contributed by atoms with Gasteiger partial charge < -0.3 is 5.73 Å². The van der Waals surface area contributed by atoms with E-state index in [4.69, 9.17) is 5.73 Å². The Bertz CT molecular complexity index is 729. The molecule has 2 rings (SSSR count). The van der Waals surface area contributed by atoms with E-state index in [2.05, 4.69) is 0 Å². The standard InChI is InChI=1S/C13H13N3O3/c1-2-15-12(18)10(11(14)17)8-16(13(15)19)9-6-4-3-5-7-9/h3-8H,2H2,1H3,(H2,14,17). The van der Waals surface area contributed by atoms with Crippen molar-refractivity contribution in [2.24, 2.45) is 5.73 Å². The number of para-hydroxylation sites is 1. The molecule has 19 heavy (non-hydrogen) atoms. The van der Waals surface area contributed by atoms with Gasteiger partial charge in [-0.05, 0) is 19.1 Å². The molecule has 1 amide bonds. The van der Waals surface area contributed by atoms with E-state index < -0.39 is 17.2 Å². The summed E-state index contributed by atoms with van der Waals surface area (Å²) in [6.07, 6.45) is 1.19. The van der Waals surface area contributed by atoms with Crippen molar-refractivity contribution in [1.82, 2.24) is 9.13 Å². The zero-order chi connectivity index (χ0) is 14.0. The third-order valence-corrected chi connectivity index (χ3v) is 2.79. The third kappa shape index (κ3) is 2.20. The van der Waals surface area contributed by atoms with Gasteiger partial charge in [-0.1, -0.05) is 18.2 Å². The summed E-state index contributed by atoms with van der Waals surface area (Å²) in [5.74, 6) is -0.850.